The fourth-order valence-electron chi connectivity index (χ4n) is 3.06. The number of hydrogen-bond donors (Lipinski definition) is 1. The van der Waals surface area contributed by atoms with Crippen LogP contribution in [-0.2, 0) is 22.7 Å². The van der Waals surface area contributed by atoms with E-state index in [-0.39, 0.29) is 12.5 Å². The minimum absolute atomic E-state index is 0.0799. The van der Waals surface area contributed by atoms with Crippen LogP contribution in [-0.4, -0.2) is 32.3 Å². The van der Waals surface area contributed by atoms with Gasteiger partial charge in [-0.2, -0.15) is 13.2 Å². The summed E-state index contributed by atoms with van der Waals surface area (Å²) in [4.78, 5) is 13.2. The maximum Gasteiger partial charge on any atom is 0.417 e. The molecule has 1 amide bonds. The van der Waals surface area contributed by atoms with Crippen molar-refractivity contribution in [2.75, 3.05) is 13.1 Å². The molecule has 1 fully saturated rings. The number of amides is 1. The van der Waals surface area contributed by atoms with Crippen LogP contribution in [0.4, 0.5) is 13.2 Å². The number of likely N-dealkylation sites (tertiary alicyclic amines) is 1. The Hall–Kier alpha value is -2.39. The first-order valence-electron chi connectivity index (χ1n) is 8.72. The lowest BCUT2D eigenvalue weighted by Crippen LogP contribution is -2.27. The van der Waals surface area contributed by atoms with Crippen molar-refractivity contribution in [3.63, 3.8) is 0 Å². The number of nitrogens with one attached hydrogen (secondary N) is 1. The van der Waals surface area contributed by atoms with Crippen molar-refractivity contribution < 1.29 is 26.4 Å². The summed E-state index contributed by atoms with van der Waals surface area (Å²) in [5.41, 5.74) is -0.184. The Morgan fingerprint density at radius 3 is 2.21 bits per heavy atom. The third kappa shape index (κ3) is 4.53. The second kappa shape index (κ2) is 7.92. The maximum absolute atomic E-state index is 13.1. The SMILES string of the molecule is O=C(c1ccc(CNS(=O)(=O)c2ccccc2C(F)(F)F)cc1)N1CCCC1. The zero-order valence-electron chi connectivity index (χ0n) is 14.9. The van der Waals surface area contributed by atoms with E-state index in [1.807, 2.05) is 0 Å². The zero-order valence-corrected chi connectivity index (χ0v) is 15.7. The van der Waals surface area contributed by atoms with E-state index < -0.39 is 26.7 Å². The average molecular weight is 412 g/mol. The monoisotopic (exact) mass is 412 g/mol. The first kappa shape index (κ1) is 20.3. The molecule has 0 spiro atoms. The fourth-order valence-corrected chi connectivity index (χ4v) is 4.30. The van der Waals surface area contributed by atoms with E-state index in [0.717, 1.165) is 44.1 Å². The molecule has 2 aromatic carbocycles. The van der Waals surface area contributed by atoms with Crippen LogP contribution in [0.2, 0.25) is 0 Å². The minimum atomic E-state index is -4.77. The van der Waals surface area contributed by atoms with Gasteiger partial charge in [-0.25, -0.2) is 13.1 Å². The second-order valence-electron chi connectivity index (χ2n) is 6.51. The third-order valence-electron chi connectivity index (χ3n) is 4.54. The molecule has 0 aromatic heterocycles. The number of halogens is 3. The Morgan fingerprint density at radius 2 is 1.61 bits per heavy atom. The molecule has 1 aliphatic heterocycles. The largest absolute Gasteiger partial charge is 0.417 e. The van der Waals surface area contributed by atoms with Gasteiger partial charge in [0.2, 0.25) is 10.0 Å². The quantitative estimate of drug-likeness (QED) is 0.818. The molecule has 1 aliphatic rings. The third-order valence-corrected chi connectivity index (χ3v) is 6.00. The van der Waals surface area contributed by atoms with Crippen molar-refractivity contribution in [1.29, 1.82) is 0 Å². The van der Waals surface area contributed by atoms with E-state index in [1.54, 1.807) is 29.2 Å². The summed E-state index contributed by atoms with van der Waals surface area (Å²) >= 11 is 0. The molecular formula is C19H19F3N2O3S. The maximum atomic E-state index is 13.1. The van der Waals surface area contributed by atoms with E-state index in [0.29, 0.717) is 11.1 Å². The van der Waals surface area contributed by atoms with Crippen LogP contribution in [0.3, 0.4) is 0 Å². The highest BCUT2D eigenvalue weighted by atomic mass is 32.2. The van der Waals surface area contributed by atoms with Gasteiger partial charge in [-0.1, -0.05) is 24.3 Å². The summed E-state index contributed by atoms with van der Waals surface area (Å²) in [6.07, 6.45) is -2.82. The number of alkyl halides is 3. The van der Waals surface area contributed by atoms with Crippen molar-refractivity contribution in [1.82, 2.24) is 9.62 Å². The molecular weight excluding hydrogens is 393 g/mol. The van der Waals surface area contributed by atoms with E-state index in [9.17, 15) is 26.4 Å². The van der Waals surface area contributed by atoms with E-state index in [4.69, 9.17) is 0 Å². The van der Waals surface area contributed by atoms with Gasteiger partial charge in [-0.3, -0.25) is 4.79 Å². The molecule has 1 N–H and O–H groups in total. The van der Waals surface area contributed by atoms with Crippen LogP contribution < -0.4 is 4.72 Å². The van der Waals surface area contributed by atoms with Crippen molar-refractivity contribution in [2.24, 2.45) is 0 Å². The highest BCUT2D eigenvalue weighted by Crippen LogP contribution is 2.33. The van der Waals surface area contributed by atoms with Crippen molar-refractivity contribution in [3.05, 3.63) is 65.2 Å². The van der Waals surface area contributed by atoms with Crippen molar-refractivity contribution >= 4 is 15.9 Å². The summed E-state index contributed by atoms with van der Waals surface area (Å²) < 4.78 is 66.1. The van der Waals surface area contributed by atoms with Gasteiger partial charge in [0.1, 0.15) is 0 Å². The second-order valence-corrected chi connectivity index (χ2v) is 8.25. The Morgan fingerprint density at radius 1 is 1.00 bits per heavy atom. The number of carbonyl (C=O) groups is 1. The Balaban J connectivity index is 1.71. The highest BCUT2D eigenvalue weighted by Gasteiger charge is 2.36. The lowest BCUT2D eigenvalue weighted by Gasteiger charge is -2.15. The van der Waals surface area contributed by atoms with Crippen LogP contribution >= 0.6 is 0 Å². The number of benzene rings is 2. The van der Waals surface area contributed by atoms with Crippen LogP contribution in [0.1, 0.15) is 34.3 Å². The smallest absolute Gasteiger partial charge is 0.339 e. The Bertz CT molecular complexity index is 951. The van der Waals surface area contributed by atoms with Gasteiger partial charge in [0.15, 0.2) is 0 Å². The summed E-state index contributed by atoms with van der Waals surface area (Å²) in [7, 11) is -4.36. The molecule has 1 heterocycles. The molecule has 0 unspecified atom stereocenters. The van der Waals surface area contributed by atoms with Gasteiger partial charge in [0.25, 0.3) is 5.91 Å². The topological polar surface area (TPSA) is 66.5 Å². The molecule has 0 radical (unpaired) electrons. The van der Waals surface area contributed by atoms with E-state index in [2.05, 4.69) is 4.72 Å². The minimum Gasteiger partial charge on any atom is -0.339 e. The number of hydrogen-bond acceptors (Lipinski definition) is 3. The number of rotatable bonds is 5. The lowest BCUT2D eigenvalue weighted by atomic mass is 10.1. The molecule has 2 aromatic rings. The van der Waals surface area contributed by atoms with Crippen LogP contribution in [0.15, 0.2) is 53.4 Å². The Kier molecular flexibility index (Phi) is 5.76. The van der Waals surface area contributed by atoms with E-state index >= 15 is 0 Å². The van der Waals surface area contributed by atoms with Gasteiger partial charge in [-0.05, 0) is 42.7 Å². The molecule has 28 heavy (non-hydrogen) atoms. The summed E-state index contributed by atoms with van der Waals surface area (Å²) in [6, 6.07) is 10.4. The normalized spacial score (nSPS) is 15.0. The van der Waals surface area contributed by atoms with Crippen molar-refractivity contribution in [2.45, 2.75) is 30.5 Å². The summed E-state index contributed by atoms with van der Waals surface area (Å²) in [5.74, 6) is -0.0799. The van der Waals surface area contributed by atoms with Gasteiger partial charge in [0.05, 0.1) is 10.5 Å². The highest BCUT2D eigenvalue weighted by molar-refractivity contribution is 7.89. The van der Waals surface area contributed by atoms with Gasteiger partial charge >= 0.3 is 6.18 Å². The number of sulfonamides is 1. The average Bonchev–Trinajstić information content (AvgIpc) is 3.20. The fraction of sp³-hybridized carbons (Fsp3) is 0.316. The molecule has 1 saturated heterocycles. The molecule has 9 heteroatoms. The van der Waals surface area contributed by atoms with Gasteiger partial charge < -0.3 is 4.90 Å². The van der Waals surface area contributed by atoms with Gasteiger partial charge in [-0.15, -0.1) is 0 Å². The molecule has 0 aliphatic carbocycles. The Labute approximate surface area is 161 Å². The predicted molar refractivity (Wildman–Crippen MR) is 97.0 cm³/mol. The molecule has 0 bridgehead atoms. The van der Waals surface area contributed by atoms with Gasteiger partial charge in [0, 0.05) is 25.2 Å². The molecule has 0 atom stereocenters. The first-order valence-corrected chi connectivity index (χ1v) is 10.2. The molecule has 0 saturated carbocycles. The molecule has 5 nitrogen and oxygen atoms in total. The summed E-state index contributed by atoms with van der Waals surface area (Å²) in [6.45, 7) is 1.25. The molecule has 3 rings (SSSR count). The molecule has 150 valence electrons. The van der Waals surface area contributed by atoms with Crippen LogP contribution in [0, 0.1) is 0 Å². The number of carbonyl (C=O) groups excluding carboxylic acids is 1. The first-order chi connectivity index (χ1) is 13.2. The zero-order chi connectivity index (χ0) is 20.4. The lowest BCUT2D eigenvalue weighted by molar-refractivity contribution is -0.139. The standard InChI is InChI=1S/C19H19F3N2O3S/c20-19(21,22)16-5-1-2-6-17(16)28(26,27)23-13-14-7-9-15(10-8-14)18(25)24-11-3-4-12-24/h1-2,5-10,23H,3-4,11-13H2. The summed E-state index contributed by atoms with van der Waals surface area (Å²) in [5, 5.41) is 0. The number of nitrogens with zero attached hydrogens (tertiary/aromatic N) is 1. The van der Waals surface area contributed by atoms with E-state index in [1.165, 1.54) is 6.07 Å². The van der Waals surface area contributed by atoms with Crippen LogP contribution in [0.25, 0.3) is 0 Å². The predicted octanol–water partition coefficient (Wildman–Crippen LogP) is 3.42. The van der Waals surface area contributed by atoms with Crippen LogP contribution in [0.5, 0.6) is 0 Å². The van der Waals surface area contributed by atoms with Crippen molar-refractivity contribution in [3.8, 4) is 0 Å².